The minimum atomic E-state index is -0.493. The Kier molecular flexibility index (Phi) is 4.30. The molecule has 23 heavy (non-hydrogen) atoms. The average molecular weight is 372 g/mol. The van der Waals surface area contributed by atoms with Crippen LogP contribution in [0, 0.1) is 0 Å². The predicted molar refractivity (Wildman–Crippen MR) is 92.5 cm³/mol. The number of rotatable bonds is 3. The Bertz CT molecular complexity index is 779. The van der Waals surface area contributed by atoms with Crippen LogP contribution in [0.15, 0.2) is 58.6 Å². The second-order valence-corrected chi connectivity index (χ2v) is 6.06. The molecule has 0 atom stereocenters. The second-order valence-electron chi connectivity index (χ2n) is 5.14. The normalized spacial score (nSPS) is 16.3. The molecule has 0 saturated carbocycles. The number of carbonyl (C=O) groups is 2. The summed E-state index contributed by atoms with van der Waals surface area (Å²) in [6.07, 6.45) is 1.75. The Morgan fingerprint density at radius 3 is 2.30 bits per heavy atom. The van der Waals surface area contributed by atoms with Crippen LogP contribution >= 0.6 is 15.9 Å². The monoisotopic (exact) mass is 371 g/mol. The highest BCUT2D eigenvalue weighted by molar-refractivity contribution is 9.10. The summed E-state index contributed by atoms with van der Waals surface area (Å²) in [6.45, 7) is 0.283. The van der Waals surface area contributed by atoms with Crippen LogP contribution in [0.3, 0.4) is 0 Å². The van der Waals surface area contributed by atoms with Crippen molar-refractivity contribution in [2.75, 3.05) is 18.6 Å². The Morgan fingerprint density at radius 2 is 1.70 bits per heavy atom. The van der Waals surface area contributed by atoms with E-state index in [1.807, 2.05) is 48.5 Å². The third-order valence-corrected chi connectivity index (χ3v) is 4.18. The number of methoxy groups -OCH3 is 1. The molecule has 1 heterocycles. The Morgan fingerprint density at radius 1 is 1.04 bits per heavy atom. The first kappa shape index (κ1) is 15.5. The molecule has 1 amide bonds. The number of carbonyl (C=O) groups excluding carboxylic acids is 2. The number of amides is 1. The fourth-order valence-corrected chi connectivity index (χ4v) is 2.68. The van der Waals surface area contributed by atoms with Gasteiger partial charge < -0.3 is 9.64 Å². The van der Waals surface area contributed by atoms with Gasteiger partial charge in [-0.3, -0.25) is 9.59 Å². The quantitative estimate of drug-likeness (QED) is 0.613. The Labute approximate surface area is 142 Å². The van der Waals surface area contributed by atoms with Crippen molar-refractivity contribution in [3.63, 3.8) is 0 Å². The summed E-state index contributed by atoms with van der Waals surface area (Å²) in [7, 11) is 1.60. The van der Waals surface area contributed by atoms with Crippen LogP contribution < -0.4 is 9.64 Å². The standard InChI is InChI=1S/C18H14BrNO3/c1-23-16-8-2-12(3-9-16)10-13-11-20(18(22)17(13)21)15-6-4-14(19)5-7-15/h2-10H,11H2,1H3/b13-10+. The van der Waals surface area contributed by atoms with E-state index in [-0.39, 0.29) is 6.54 Å². The van der Waals surface area contributed by atoms with Crippen molar-refractivity contribution in [1.29, 1.82) is 0 Å². The van der Waals surface area contributed by atoms with E-state index in [4.69, 9.17) is 4.74 Å². The zero-order valence-electron chi connectivity index (χ0n) is 12.5. The molecule has 0 spiro atoms. The molecule has 1 fully saturated rings. The lowest BCUT2D eigenvalue weighted by Crippen LogP contribution is -2.26. The SMILES string of the molecule is COc1ccc(/C=C2\CN(c3ccc(Br)cc3)C(=O)C2=O)cc1. The number of Topliss-reactive ketones (excluding diaryl/α,β-unsaturated/α-hetero) is 1. The highest BCUT2D eigenvalue weighted by Crippen LogP contribution is 2.25. The number of anilines is 1. The zero-order chi connectivity index (χ0) is 16.4. The van der Waals surface area contributed by atoms with E-state index >= 15 is 0 Å². The molecular weight excluding hydrogens is 358 g/mol. The second kappa shape index (κ2) is 6.38. The van der Waals surface area contributed by atoms with Crippen LogP contribution in [0.4, 0.5) is 5.69 Å². The van der Waals surface area contributed by atoms with E-state index in [9.17, 15) is 9.59 Å². The van der Waals surface area contributed by atoms with Gasteiger partial charge in [-0.05, 0) is 48.0 Å². The molecule has 3 rings (SSSR count). The molecule has 0 N–H and O–H groups in total. The van der Waals surface area contributed by atoms with Gasteiger partial charge in [0.2, 0.25) is 5.78 Å². The van der Waals surface area contributed by atoms with Crippen LogP contribution in [0.5, 0.6) is 5.75 Å². The summed E-state index contributed by atoms with van der Waals surface area (Å²) in [6, 6.07) is 14.7. The smallest absolute Gasteiger partial charge is 0.299 e. The first-order chi connectivity index (χ1) is 11.1. The number of hydrogen-bond acceptors (Lipinski definition) is 3. The molecule has 116 valence electrons. The molecule has 2 aromatic carbocycles. The van der Waals surface area contributed by atoms with E-state index in [1.165, 1.54) is 4.90 Å². The van der Waals surface area contributed by atoms with Crippen LogP contribution in [0.25, 0.3) is 6.08 Å². The molecule has 2 aromatic rings. The van der Waals surface area contributed by atoms with Crippen molar-refractivity contribution in [3.8, 4) is 5.75 Å². The minimum absolute atomic E-state index is 0.283. The summed E-state index contributed by atoms with van der Waals surface area (Å²) in [5, 5.41) is 0. The number of hydrogen-bond donors (Lipinski definition) is 0. The van der Waals surface area contributed by atoms with Crippen LogP contribution in [-0.4, -0.2) is 25.3 Å². The van der Waals surface area contributed by atoms with Gasteiger partial charge >= 0.3 is 0 Å². The zero-order valence-corrected chi connectivity index (χ0v) is 14.0. The number of nitrogens with zero attached hydrogens (tertiary/aromatic N) is 1. The van der Waals surface area contributed by atoms with E-state index in [0.717, 1.165) is 15.8 Å². The molecule has 0 aromatic heterocycles. The lowest BCUT2D eigenvalue weighted by molar-refractivity contribution is -0.132. The number of ether oxygens (including phenoxy) is 1. The van der Waals surface area contributed by atoms with Crippen LogP contribution in [-0.2, 0) is 9.59 Å². The first-order valence-corrected chi connectivity index (χ1v) is 7.84. The first-order valence-electron chi connectivity index (χ1n) is 7.05. The molecular formula is C18H14BrNO3. The maximum atomic E-state index is 12.2. The van der Waals surface area contributed by atoms with Crippen LogP contribution in [0.2, 0.25) is 0 Å². The van der Waals surface area contributed by atoms with E-state index < -0.39 is 11.7 Å². The van der Waals surface area contributed by atoms with Gasteiger partial charge in [0.25, 0.3) is 5.91 Å². The molecule has 0 aliphatic carbocycles. The van der Waals surface area contributed by atoms with Gasteiger partial charge in [0, 0.05) is 15.7 Å². The van der Waals surface area contributed by atoms with Crippen molar-refractivity contribution >= 4 is 39.4 Å². The molecule has 1 aliphatic heterocycles. The molecule has 1 saturated heterocycles. The summed E-state index contributed by atoms with van der Waals surface area (Å²) in [4.78, 5) is 25.9. The lowest BCUT2D eigenvalue weighted by atomic mass is 10.1. The van der Waals surface area contributed by atoms with E-state index in [1.54, 1.807) is 13.2 Å². The van der Waals surface area contributed by atoms with Crippen molar-refractivity contribution in [2.24, 2.45) is 0 Å². The average Bonchev–Trinajstić information content (AvgIpc) is 2.85. The number of benzene rings is 2. The molecule has 0 unspecified atom stereocenters. The summed E-state index contributed by atoms with van der Waals surface area (Å²) >= 11 is 3.36. The van der Waals surface area contributed by atoms with Crippen molar-refractivity contribution < 1.29 is 14.3 Å². The fourth-order valence-electron chi connectivity index (χ4n) is 2.42. The highest BCUT2D eigenvalue weighted by atomic mass is 79.9. The van der Waals surface area contributed by atoms with Gasteiger partial charge in [0.05, 0.1) is 13.7 Å². The number of ketones is 1. The fraction of sp³-hybridized carbons (Fsp3) is 0.111. The topological polar surface area (TPSA) is 46.6 Å². The highest BCUT2D eigenvalue weighted by Gasteiger charge is 2.34. The third-order valence-electron chi connectivity index (χ3n) is 3.65. The molecule has 5 heteroatoms. The van der Waals surface area contributed by atoms with Crippen molar-refractivity contribution in [2.45, 2.75) is 0 Å². The molecule has 4 nitrogen and oxygen atoms in total. The van der Waals surface area contributed by atoms with Crippen molar-refractivity contribution in [1.82, 2.24) is 0 Å². The van der Waals surface area contributed by atoms with Crippen LogP contribution in [0.1, 0.15) is 5.56 Å². The minimum Gasteiger partial charge on any atom is -0.497 e. The van der Waals surface area contributed by atoms with Gasteiger partial charge in [-0.2, -0.15) is 0 Å². The van der Waals surface area contributed by atoms with Crippen molar-refractivity contribution in [3.05, 3.63) is 64.1 Å². The van der Waals surface area contributed by atoms with Gasteiger partial charge in [-0.1, -0.05) is 28.1 Å². The third kappa shape index (κ3) is 3.19. The molecule has 1 aliphatic rings. The van der Waals surface area contributed by atoms with E-state index in [0.29, 0.717) is 11.3 Å². The molecule has 0 radical (unpaired) electrons. The molecule has 0 bridgehead atoms. The van der Waals surface area contributed by atoms with Gasteiger partial charge in [0.1, 0.15) is 5.75 Å². The summed E-state index contributed by atoms with van der Waals surface area (Å²) < 4.78 is 6.03. The van der Waals surface area contributed by atoms with Gasteiger partial charge in [0.15, 0.2) is 0 Å². The lowest BCUT2D eigenvalue weighted by Gasteiger charge is -2.14. The maximum Gasteiger partial charge on any atom is 0.299 e. The Hall–Kier alpha value is -2.40. The van der Waals surface area contributed by atoms with Gasteiger partial charge in [-0.15, -0.1) is 0 Å². The summed E-state index contributed by atoms with van der Waals surface area (Å²) in [5.74, 6) is -0.201. The van der Waals surface area contributed by atoms with E-state index in [2.05, 4.69) is 15.9 Å². The number of halogens is 1. The largest absolute Gasteiger partial charge is 0.497 e. The van der Waals surface area contributed by atoms with Gasteiger partial charge in [-0.25, -0.2) is 0 Å². The maximum absolute atomic E-state index is 12.2. The Balaban J connectivity index is 1.86. The predicted octanol–water partition coefficient (Wildman–Crippen LogP) is 3.46. The summed E-state index contributed by atoms with van der Waals surface area (Å²) in [5.41, 5.74) is 2.06.